The largest absolute Gasteiger partial charge is 0.341 e. The number of nitrogens with zero attached hydrogens (tertiary/aromatic N) is 4. The minimum Gasteiger partial charge on any atom is -0.341 e. The molecule has 3 saturated carbocycles. The first-order valence-corrected chi connectivity index (χ1v) is 16.4. The first-order valence-electron chi connectivity index (χ1n) is 16.1. The molecule has 3 aliphatic carbocycles. The van der Waals surface area contributed by atoms with Gasteiger partial charge in [0.1, 0.15) is 24.2 Å². The molecule has 9 heteroatoms. The van der Waals surface area contributed by atoms with E-state index in [4.69, 9.17) is 11.6 Å². The molecule has 6 rings (SSSR count). The van der Waals surface area contributed by atoms with E-state index in [0.29, 0.717) is 43.0 Å². The lowest BCUT2D eigenvalue weighted by molar-refractivity contribution is -0.139. The molecule has 226 valence electrons. The number of hydrogen-bond acceptors (Lipinski definition) is 6. The molecule has 0 bridgehead atoms. The third-order valence-corrected chi connectivity index (χ3v) is 11.3. The SMILES string of the molecule is O=C([C@@H](Cc1ccc(Cl)cc1)NC1CCC2(CC1)C(=O)CCC2=O)N1CCC(Cn2cncn2)(C2CCCCC2)CC1. The van der Waals surface area contributed by atoms with Gasteiger partial charge in [-0.3, -0.25) is 19.1 Å². The van der Waals surface area contributed by atoms with Crippen LogP contribution in [0.1, 0.15) is 89.0 Å². The van der Waals surface area contributed by atoms with Gasteiger partial charge in [-0.15, -0.1) is 0 Å². The second kappa shape index (κ2) is 12.6. The first-order chi connectivity index (χ1) is 20.4. The minimum absolute atomic E-state index is 0.108. The summed E-state index contributed by atoms with van der Waals surface area (Å²) in [4.78, 5) is 45.7. The molecule has 1 aromatic carbocycles. The quantitative estimate of drug-likeness (QED) is 0.424. The first kappa shape index (κ1) is 29.5. The van der Waals surface area contributed by atoms with Crippen molar-refractivity contribution in [1.82, 2.24) is 25.0 Å². The van der Waals surface area contributed by atoms with Crippen LogP contribution in [-0.4, -0.2) is 62.3 Å². The van der Waals surface area contributed by atoms with Gasteiger partial charge in [-0.1, -0.05) is 43.0 Å². The number of Topliss-reactive ketones (excluding diaryl/α,β-unsaturated/α-hetero) is 2. The number of rotatable bonds is 8. The number of ketones is 2. The van der Waals surface area contributed by atoms with Crippen molar-refractivity contribution in [3.05, 3.63) is 47.5 Å². The van der Waals surface area contributed by atoms with Gasteiger partial charge < -0.3 is 10.2 Å². The van der Waals surface area contributed by atoms with Crippen molar-refractivity contribution in [2.45, 2.75) is 109 Å². The van der Waals surface area contributed by atoms with Gasteiger partial charge in [0.15, 0.2) is 0 Å². The van der Waals surface area contributed by atoms with Gasteiger partial charge in [0.25, 0.3) is 0 Å². The molecule has 1 N–H and O–H groups in total. The van der Waals surface area contributed by atoms with Crippen LogP contribution in [0.5, 0.6) is 0 Å². The summed E-state index contributed by atoms with van der Waals surface area (Å²) in [6, 6.07) is 7.50. The Morgan fingerprint density at radius 3 is 2.24 bits per heavy atom. The normalized spacial score (nSPS) is 23.9. The number of amides is 1. The van der Waals surface area contributed by atoms with Gasteiger partial charge in [-0.05, 0) is 86.8 Å². The molecular formula is C33H44ClN5O3. The Bertz CT molecular complexity index is 1220. The Labute approximate surface area is 254 Å². The molecule has 8 nitrogen and oxygen atoms in total. The lowest BCUT2D eigenvalue weighted by Gasteiger charge is -2.48. The number of benzene rings is 1. The van der Waals surface area contributed by atoms with Crippen LogP contribution in [-0.2, 0) is 27.3 Å². The number of hydrogen-bond donors (Lipinski definition) is 1. The summed E-state index contributed by atoms with van der Waals surface area (Å²) in [7, 11) is 0. The molecule has 2 aromatic rings. The molecule has 1 aliphatic heterocycles. The molecule has 4 aliphatic rings. The molecule has 0 unspecified atom stereocenters. The molecule has 1 spiro atoms. The van der Waals surface area contributed by atoms with Crippen LogP contribution in [0.2, 0.25) is 5.02 Å². The Balaban J connectivity index is 1.15. The number of likely N-dealkylation sites (tertiary alicyclic amines) is 1. The lowest BCUT2D eigenvalue weighted by atomic mass is 9.63. The summed E-state index contributed by atoms with van der Waals surface area (Å²) < 4.78 is 1.99. The molecule has 1 aromatic heterocycles. The van der Waals surface area contributed by atoms with Crippen molar-refractivity contribution < 1.29 is 14.4 Å². The fraction of sp³-hybridized carbons (Fsp3) is 0.667. The smallest absolute Gasteiger partial charge is 0.240 e. The maximum absolute atomic E-state index is 14.2. The summed E-state index contributed by atoms with van der Waals surface area (Å²) in [5, 5.41) is 8.83. The predicted octanol–water partition coefficient (Wildman–Crippen LogP) is 5.18. The number of piperidine rings is 1. The molecule has 4 fully saturated rings. The van der Waals surface area contributed by atoms with Crippen molar-refractivity contribution >= 4 is 29.1 Å². The third-order valence-electron chi connectivity index (χ3n) is 11.1. The van der Waals surface area contributed by atoms with E-state index in [1.807, 2.05) is 35.3 Å². The van der Waals surface area contributed by atoms with E-state index in [1.165, 1.54) is 32.1 Å². The minimum atomic E-state index is -0.757. The highest BCUT2D eigenvalue weighted by Crippen LogP contribution is 2.47. The third kappa shape index (κ3) is 6.07. The van der Waals surface area contributed by atoms with E-state index in [9.17, 15) is 14.4 Å². The van der Waals surface area contributed by atoms with Crippen LogP contribution in [0.3, 0.4) is 0 Å². The molecule has 42 heavy (non-hydrogen) atoms. The maximum Gasteiger partial charge on any atom is 0.240 e. The predicted molar refractivity (Wildman–Crippen MR) is 161 cm³/mol. The molecule has 1 amide bonds. The van der Waals surface area contributed by atoms with Crippen molar-refractivity contribution in [3.63, 3.8) is 0 Å². The fourth-order valence-electron chi connectivity index (χ4n) is 8.49. The summed E-state index contributed by atoms with van der Waals surface area (Å²) in [5.41, 5.74) is 0.452. The summed E-state index contributed by atoms with van der Waals surface area (Å²) in [6.45, 7) is 2.37. The molecule has 2 heterocycles. The average Bonchev–Trinajstić information content (AvgIpc) is 3.63. The van der Waals surface area contributed by atoms with Gasteiger partial charge in [0.05, 0.1) is 11.5 Å². The summed E-state index contributed by atoms with van der Waals surface area (Å²) >= 11 is 6.16. The Kier molecular flexibility index (Phi) is 8.83. The van der Waals surface area contributed by atoms with Crippen LogP contribution >= 0.6 is 11.6 Å². The van der Waals surface area contributed by atoms with Crippen LogP contribution in [0.15, 0.2) is 36.9 Å². The molecule has 0 radical (unpaired) electrons. The van der Waals surface area contributed by atoms with Gasteiger partial charge in [0.2, 0.25) is 5.91 Å². The van der Waals surface area contributed by atoms with Crippen LogP contribution < -0.4 is 5.32 Å². The van der Waals surface area contributed by atoms with Crippen LogP contribution in [0, 0.1) is 16.7 Å². The number of nitrogens with one attached hydrogen (secondary N) is 1. The van der Waals surface area contributed by atoms with Gasteiger partial charge in [-0.25, -0.2) is 4.98 Å². The average molecular weight is 594 g/mol. The van der Waals surface area contributed by atoms with Crippen molar-refractivity contribution in [1.29, 1.82) is 0 Å². The van der Waals surface area contributed by atoms with E-state index >= 15 is 0 Å². The number of halogens is 1. The summed E-state index contributed by atoms with van der Waals surface area (Å²) in [6.07, 6.45) is 15.9. The van der Waals surface area contributed by atoms with E-state index in [2.05, 4.69) is 20.3 Å². The number of aromatic nitrogens is 3. The monoisotopic (exact) mass is 593 g/mol. The topological polar surface area (TPSA) is 97.2 Å². The Morgan fingerprint density at radius 1 is 0.952 bits per heavy atom. The standard InChI is InChI=1S/C33H44ClN5O3/c34-26-8-6-24(7-9-26)20-28(37-27-12-14-33(15-13-27)29(40)10-11-30(33)41)31(42)38-18-16-32(17-19-38,21-39-23-35-22-36-39)25-4-2-1-3-5-25/h6-9,22-23,25,27-28,37H,1-5,10-21H2/t28-/m1/s1. The van der Waals surface area contributed by atoms with Gasteiger partial charge in [-0.2, -0.15) is 5.10 Å². The van der Waals surface area contributed by atoms with E-state index < -0.39 is 5.41 Å². The molecular weight excluding hydrogens is 550 g/mol. The second-order valence-electron chi connectivity index (χ2n) is 13.4. The molecule has 1 saturated heterocycles. The highest BCUT2D eigenvalue weighted by Gasteiger charge is 2.51. The zero-order valence-electron chi connectivity index (χ0n) is 24.6. The zero-order chi connectivity index (χ0) is 29.2. The maximum atomic E-state index is 14.2. The number of carbonyl (C=O) groups excluding carboxylic acids is 3. The zero-order valence-corrected chi connectivity index (χ0v) is 25.4. The Morgan fingerprint density at radius 2 is 1.62 bits per heavy atom. The second-order valence-corrected chi connectivity index (χ2v) is 13.8. The van der Waals surface area contributed by atoms with E-state index in [1.54, 1.807) is 6.33 Å². The van der Waals surface area contributed by atoms with Crippen LogP contribution in [0.25, 0.3) is 0 Å². The Hall–Kier alpha value is -2.58. The highest BCUT2D eigenvalue weighted by atomic mass is 35.5. The van der Waals surface area contributed by atoms with Crippen molar-refractivity contribution in [3.8, 4) is 0 Å². The van der Waals surface area contributed by atoms with Crippen molar-refractivity contribution in [2.75, 3.05) is 13.1 Å². The van der Waals surface area contributed by atoms with Gasteiger partial charge in [0, 0.05) is 43.5 Å². The van der Waals surface area contributed by atoms with E-state index in [-0.39, 0.29) is 35.0 Å². The highest BCUT2D eigenvalue weighted by molar-refractivity contribution is 6.30. The van der Waals surface area contributed by atoms with E-state index in [0.717, 1.165) is 50.9 Å². The lowest BCUT2D eigenvalue weighted by Crippen LogP contribution is -2.56. The summed E-state index contributed by atoms with van der Waals surface area (Å²) in [5.74, 6) is 1.06. The fourth-order valence-corrected chi connectivity index (χ4v) is 8.62. The van der Waals surface area contributed by atoms with Crippen molar-refractivity contribution in [2.24, 2.45) is 16.7 Å². The van der Waals surface area contributed by atoms with Gasteiger partial charge >= 0.3 is 0 Å². The number of carbonyl (C=O) groups is 3. The molecule has 1 atom stereocenters. The van der Waals surface area contributed by atoms with Crippen LogP contribution in [0.4, 0.5) is 0 Å².